The van der Waals surface area contributed by atoms with E-state index in [0.717, 1.165) is 0 Å². The molecule has 0 saturated carbocycles. The Balaban J connectivity index is 2.23. The number of carboxylic acid groups (broad SMARTS) is 1. The van der Waals surface area contributed by atoms with Crippen LogP contribution in [-0.4, -0.2) is 22.7 Å². The molecule has 0 aromatic carbocycles. The molecule has 0 unspecified atom stereocenters. The van der Waals surface area contributed by atoms with Gasteiger partial charge >= 0.3 is 11.9 Å². The van der Waals surface area contributed by atoms with E-state index >= 15 is 0 Å². The maximum atomic E-state index is 10.6. The van der Waals surface area contributed by atoms with Gasteiger partial charge in [0.1, 0.15) is 5.69 Å². The van der Waals surface area contributed by atoms with E-state index in [2.05, 4.69) is 4.98 Å². The molecule has 96 valence electrons. The molecule has 0 spiro atoms. The smallest absolute Gasteiger partial charge is 0.308 e. The zero-order valence-corrected chi connectivity index (χ0v) is 9.88. The molecule has 2 aromatic rings. The number of rotatable bonds is 6. The van der Waals surface area contributed by atoms with Crippen molar-refractivity contribution in [3.05, 3.63) is 24.1 Å². The van der Waals surface area contributed by atoms with E-state index in [-0.39, 0.29) is 18.8 Å². The fourth-order valence-corrected chi connectivity index (χ4v) is 1.47. The van der Waals surface area contributed by atoms with Crippen molar-refractivity contribution >= 4 is 5.97 Å². The molecule has 2 aromatic heterocycles. The summed E-state index contributed by atoms with van der Waals surface area (Å²) in [7, 11) is 0. The average Bonchev–Trinajstić information content (AvgIpc) is 2.95. The summed E-state index contributed by atoms with van der Waals surface area (Å²) in [5.74, 6) is 0.145. The van der Waals surface area contributed by atoms with Gasteiger partial charge in [-0.25, -0.2) is 4.98 Å². The van der Waals surface area contributed by atoms with Gasteiger partial charge in [0.15, 0.2) is 5.76 Å². The third-order valence-electron chi connectivity index (χ3n) is 2.24. The summed E-state index contributed by atoms with van der Waals surface area (Å²) >= 11 is 0. The Kier molecular flexibility index (Phi) is 3.66. The second-order valence-corrected chi connectivity index (χ2v) is 3.56. The van der Waals surface area contributed by atoms with Gasteiger partial charge in [-0.2, -0.15) is 0 Å². The van der Waals surface area contributed by atoms with Crippen LogP contribution in [-0.2, 0) is 11.2 Å². The van der Waals surface area contributed by atoms with Crippen LogP contribution in [0.15, 0.2) is 27.2 Å². The molecule has 18 heavy (non-hydrogen) atoms. The molecular formula is C12H13NO5. The van der Waals surface area contributed by atoms with Crippen LogP contribution in [0.1, 0.15) is 19.0 Å². The first-order valence-electron chi connectivity index (χ1n) is 5.59. The van der Waals surface area contributed by atoms with Crippen molar-refractivity contribution in [2.45, 2.75) is 19.8 Å². The minimum Gasteiger partial charge on any atom is -0.481 e. The standard InChI is InChI=1S/C12H13NO5/c1-2-16-12-8(5-6-10(14)15)13-11(18-12)9-4-3-7-17-9/h3-4,7H,2,5-6H2,1H3,(H,14,15). The summed E-state index contributed by atoms with van der Waals surface area (Å²) in [6.07, 6.45) is 1.75. The zero-order chi connectivity index (χ0) is 13.0. The number of hydrogen-bond acceptors (Lipinski definition) is 5. The van der Waals surface area contributed by atoms with Crippen molar-refractivity contribution in [2.75, 3.05) is 6.61 Å². The number of furan rings is 1. The van der Waals surface area contributed by atoms with E-state index in [1.807, 2.05) is 6.92 Å². The van der Waals surface area contributed by atoms with Crippen molar-refractivity contribution < 1.29 is 23.5 Å². The molecule has 0 saturated heterocycles. The Hall–Kier alpha value is -2.24. The molecule has 6 heteroatoms. The molecule has 0 fully saturated rings. The Bertz CT molecular complexity index is 515. The fraction of sp³-hybridized carbons (Fsp3) is 0.333. The second kappa shape index (κ2) is 5.39. The fourth-order valence-electron chi connectivity index (χ4n) is 1.47. The third-order valence-corrected chi connectivity index (χ3v) is 2.24. The van der Waals surface area contributed by atoms with Crippen molar-refractivity contribution in [1.29, 1.82) is 0 Å². The van der Waals surface area contributed by atoms with Gasteiger partial charge in [-0.3, -0.25) is 4.79 Å². The molecule has 0 aliphatic heterocycles. The summed E-state index contributed by atoms with van der Waals surface area (Å²) in [5, 5.41) is 8.67. The lowest BCUT2D eigenvalue weighted by atomic mass is 10.2. The summed E-state index contributed by atoms with van der Waals surface area (Å²) in [5.41, 5.74) is 0.491. The van der Waals surface area contributed by atoms with E-state index in [1.54, 1.807) is 12.1 Å². The monoisotopic (exact) mass is 251 g/mol. The second-order valence-electron chi connectivity index (χ2n) is 3.56. The number of hydrogen-bond donors (Lipinski definition) is 1. The summed E-state index contributed by atoms with van der Waals surface area (Å²) in [4.78, 5) is 14.8. The molecule has 1 N–H and O–H groups in total. The van der Waals surface area contributed by atoms with E-state index < -0.39 is 5.97 Å². The quantitative estimate of drug-likeness (QED) is 0.848. The minimum atomic E-state index is -0.889. The predicted octanol–water partition coefficient (Wildman–Crippen LogP) is 2.35. The lowest BCUT2D eigenvalue weighted by Gasteiger charge is -1.99. The number of aromatic nitrogens is 1. The maximum absolute atomic E-state index is 10.6. The van der Waals surface area contributed by atoms with Gasteiger partial charge in [0.2, 0.25) is 0 Å². The minimum absolute atomic E-state index is 0.0236. The van der Waals surface area contributed by atoms with Crippen LogP contribution >= 0.6 is 0 Å². The normalized spacial score (nSPS) is 10.5. The molecule has 0 amide bonds. The van der Waals surface area contributed by atoms with Gasteiger partial charge in [-0.05, 0) is 19.1 Å². The molecule has 2 heterocycles. The Labute approximate surface area is 103 Å². The van der Waals surface area contributed by atoms with E-state index in [4.69, 9.17) is 18.7 Å². The van der Waals surface area contributed by atoms with Gasteiger partial charge in [-0.1, -0.05) is 0 Å². The van der Waals surface area contributed by atoms with Crippen LogP contribution in [0.5, 0.6) is 5.95 Å². The molecule has 0 aliphatic carbocycles. The van der Waals surface area contributed by atoms with Crippen molar-refractivity contribution in [1.82, 2.24) is 4.98 Å². The first kappa shape index (κ1) is 12.2. The first-order chi connectivity index (χ1) is 8.70. The van der Waals surface area contributed by atoms with E-state index in [1.165, 1.54) is 6.26 Å². The van der Waals surface area contributed by atoms with Crippen LogP contribution < -0.4 is 4.74 Å². The highest BCUT2D eigenvalue weighted by Crippen LogP contribution is 2.28. The number of carboxylic acids is 1. The topological polar surface area (TPSA) is 85.7 Å². The number of nitrogens with zero attached hydrogens (tertiary/aromatic N) is 1. The Morgan fingerprint density at radius 3 is 3.00 bits per heavy atom. The molecule has 0 bridgehead atoms. The number of carbonyl (C=O) groups is 1. The SMILES string of the molecule is CCOc1oc(-c2ccco2)nc1CCC(=O)O. The lowest BCUT2D eigenvalue weighted by Crippen LogP contribution is -2.00. The molecule has 0 radical (unpaired) electrons. The van der Waals surface area contributed by atoms with Crippen molar-refractivity contribution in [3.63, 3.8) is 0 Å². The van der Waals surface area contributed by atoms with E-state index in [9.17, 15) is 4.79 Å². The first-order valence-corrected chi connectivity index (χ1v) is 5.59. The highest BCUT2D eigenvalue weighted by Gasteiger charge is 2.18. The number of oxazole rings is 1. The van der Waals surface area contributed by atoms with Gasteiger partial charge < -0.3 is 18.7 Å². The Morgan fingerprint density at radius 1 is 1.56 bits per heavy atom. The lowest BCUT2D eigenvalue weighted by molar-refractivity contribution is -0.136. The van der Waals surface area contributed by atoms with Gasteiger partial charge in [0.25, 0.3) is 5.89 Å². The molecule has 6 nitrogen and oxygen atoms in total. The number of aliphatic carboxylic acids is 1. The summed E-state index contributed by atoms with van der Waals surface area (Å²) in [6, 6.07) is 3.43. The number of ether oxygens (including phenoxy) is 1. The van der Waals surface area contributed by atoms with Crippen molar-refractivity contribution in [3.8, 4) is 17.6 Å². The van der Waals surface area contributed by atoms with Crippen LogP contribution in [0.3, 0.4) is 0 Å². The van der Waals surface area contributed by atoms with Crippen LogP contribution in [0.2, 0.25) is 0 Å². The third kappa shape index (κ3) is 2.71. The van der Waals surface area contributed by atoms with Crippen molar-refractivity contribution in [2.24, 2.45) is 0 Å². The highest BCUT2D eigenvalue weighted by atomic mass is 16.6. The highest BCUT2D eigenvalue weighted by molar-refractivity contribution is 5.67. The Morgan fingerprint density at radius 2 is 2.39 bits per heavy atom. The van der Waals surface area contributed by atoms with Crippen LogP contribution in [0.25, 0.3) is 11.7 Å². The summed E-state index contributed by atoms with van der Waals surface area (Å²) in [6.45, 7) is 2.24. The maximum Gasteiger partial charge on any atom is 0.308 e. The van der Waals surface area contributed by atoms with Gasteiger partial charge in [0, 0.05) is 6.42 Å². The largest absolute Gasteiger partial charge is 0.481 e. The average molecular weight is 251 g/mol. The zero-order valence-electron chi connectivity index (χ0n) is 9.88. The van der Waals surface area contributed by atoms with E-state index in [0.29, 0.717) is 24.0 Å². The van der Waals surface area contributed by atoms with Crippen LogP contribution in [0, 0.1) is 0 Å². The summed E-state index contributed by atoms with van der Waals surface area (Å²) < 4.78 is 15.9. The molecule has 0 aliphatic rings. The van der Waals surface area contributed by atoms with Gasteiger partial charge in [0.05, 0.1) is 19.3 Å². The predicted molar refractivity (Wildman–Crippen MR) is 61.3 cm³/mol. The molecule has 0 atom stereocenters. The molecular weight excluding hydrogens is 238 g/mol. The number of aryl methyl sites for hydroxylation is 1. The van der Waals surface area contributed by atoms with Gasteiger partial charge in [-0.15, -0.1) is 0 Å². The van der Waals surface area contributed by atoms with Crippen LogP contribution in [0.4, 0.5) is 0 Å². The molecule has 2 rings (SSSR count).